The average Bonchev–Trinajstić information content (AvgIpc) is 3.03. The molecular weight excluding hydrogens is 573 g/mol. The highest BCUT2D eigenvalue weighted by atomic mass is 28.4. The Bertz CT molecular complexity index is 1440. The van der Waals surface area contributed by atoms with Crippen LogP contribution < -0.4 is 29.6 Å². The molecule has 5 heteroatoms. The highest BCUT2D eigenvalue weighted by Crippen LogP contribution is 2.41. The molecule has 0 aliphatic carbocycles. The molecule has 0 fully saturated rings. The zero-order chi connectivity index (χ0) is 31.4. The van der Waals surface area contributed by atoms with Crippen LogP contribution in [0.5, 0.6) is 11.5 Å². The summed E-state index contributed by atoms with van der Waals surface area (Å²) < 4.78 is 14.8. The molecule has 0 aromatic heterocycles. The van der Waals surface area contributed by atoms with Crippen molar-refractivity contribution in [3.63, 3.8) is 0 Å². The number of aliphatic hydroxyl groups is 1. The van der Waals surface area contributed by atoms with Gasteiger partial charge in [0.25, 0.3) is 0 Å². The Labute approximate surface area is 265 Å². The van der Waals surface area contributed by atoms with Gasteiger partial charge in [-0.3, -0.25) is 0 Å². The van der Waals surface area contributed by atoms with Crippen molar-refractivity contribution in [3.05, 3.63) is 145 Å². The summed E-state index contributed by atoms with van der Waals surface area (Å²) in [5, 5.41) is 14.9. The molecule has 0 radical (unpaired) electrons. The molecule has 0 aliphatic heterocycles. The summed E-state index contributed by atoms with van der Waals surface area (Å²) in [4.78, 5) is 0. The van der Waals surface area contributed by atoms with E-state index in [9.17, 15) is 5.11 Å². The van der Waals surface area contributed by atoms with Gasteiger partial charge >= 0.3 is 16.6 Å². The standard InChI is InChI=1S/C39H44O3Si2/c1-38(2,3)43(34-19-11-7-12-20-34,35-21-13-8-14-22-35)41-32-27-31(30-40)28-33(29-32)42-44(39(4,5)6,36-23-15-9-16-24-36)37-25-17-10-18-26-37/h7-29,40H,30H2,1-6H3. The molecule has 0 spiro atoms. The van der Waals surface area contributed by atoms with Crippen LogP contribution in [0.4, 0.5) is 0 Å². The molecule has 44 heavy (non-hydrogen) atoms. The lowest BCUT2D eigenvalue weighted by Crippen LogP contribution is -2.69. The lowest BCUT2D eigenvalue weighted by Gasteiger charge is -2.44. The predicted molar refractivity (Wildman–Crippen MR) is 189 cm³/mol. The monoisotopic (exact) mass is 616 g/mol. The molecule has 0 saturated carbocycles. The van der Waals surface area contributed by atoms with Gasteiger partial charge in [-0.25, -0.2) is 0 Å². The highest BCUT2D eigenvalue weighted by Gasteiger charge is 2.53. The van der Waals surface area contributed by atoms with Crippen LogP contribution in [-0.2, 0) is 6.61 Å². The molecule has 0 bridgehead atoms. The second-order valence-corrected chi connectivity index (χ2v) is 21.9. The Morgan fingerprint density at radius 1 is 0.455 bits per heavy atom. The quantitative estimate of drug-likeness (QED) is 0.180. The Morgan fingerprint density at radius 3 is 0.955 bits per heavy atom. The molecule has 5 aromatic carbocycles. The first-order valence-corrected chi connectivity index (χ1v) is 19.2. The van der Waals surface area contributed by atoms with E-state index in [1.54, 1.807) is 0 Å². The fourth-order valence-corrected chi connectivity index (χ4v) is 15.3. The summed E-state index contributed by atoms with van der Waals surface area (Å²) in [5.41, 5.74) is 0.758. The Hall–Kier alpha value is -3.91. The van der Waals surface area contributed by atoms with Crippen LogP contribution in [-0.4, -0.2) is 21.7 Å². The van der Waals surface area contributed by atoms with Crippen LogP contribution in [0.3, 0.4) is 0 Å². The molecule has 0 heterocycles. The minimum atomic E-state index is -2.90. The number of hydrogen-bond acceptors (Lipinski definition) is 3. The lowest BCUT2D eigenvalue weighted by molar-refractivity contribution is 0.281. The minimum absolute atomic E-state index is 0.116. The van der Waals surface area contributed by atoms with Crippen LogP contribution in [0.2, 0.25) is 10.1 Å². The summed E-state index contributed by atoms with van der Waals surface area (Å²) in [6.07, 6.45) is 0. The predicted octanol–water partition coefficient (Wildman–Crippen LogP) is 7.06. The normalized spacial score (nSPS) is 12.5. The van der Waals surface area contributed by atoms with E-state index in [1.165, 1.54) is 20.7 Å². The molecule has 5 rings (SSSR count). The van der Waals surface area contributed by atoms with Crippen molar-refractivity contribution < 1.29 is 14.0 Å². The summed E-state index contributed by atoms with van der Waals surface area (Å²) >= 11 is 0. The number of hydrogen-bond donors (Lipinski definition) is 1. The second kappa shape index (κ2) is 12.6. The van der Waals surface area contributed by atoms with Crippen LogP contribution in [0.25, 0.3) is 0 Å². The maximum Gasteiger partial charge on any atom is 0.319 e. The third-order valence-electron chi connectivity index (χ3n) is 8.50. The molecule has 5 aromatic rings. The van der Waals surface area contributed by atoms with Gasteiger partial charge in [0.2, 0.25) is 0 Å². The zero-order valence-corrected chi connectivity index (χ0v) is 28.7. The van der Waals surface area contributed by atoms with Gasteiger partial charge in [-0.15, -0.1) is 0 Å². The van der Waals surface area contributed by atoms with Gasteiger partial charge < -0.3 is 14.0 Å². The van der Waals surface area contributed by atoms with Crippen LogP contribution in [0.15, 0.2) is 140 Å². The number of benzene rings is 5. The first kappa shape index (κ1) is 31.5. The van der Waals surface area contributed by atoms with E-state index in [0.29, 0.717) is 11.5 Å². The number of aliphatic hydroxyl groups excluding tert-OH is 1. The topological polar surface area (TPSA) is 38.7 Å². The number of rotatable bonds is 9. The van der Waals surface area contributed by atoms with E-state index in [1.807, 2.05) is 18.2 Å². The average molecular weight is 617 g/mol. The van der Waals surface area contributed by atoms with Crippen molar-refractivity contribution in [2.45, 2.75) is 58.2 Å². The van der Waals surface area contributed by atoms with Crippen molar-refractivity contribution in [2.24, 2.45) is 0 Å². The highest BCUT2D eigenvalue weighted by molar-refractivity contribution is 7.00. The summed E-state index contributed by atoms with van der Waals surface area (Å²) in [7, 11) is -5.80. The molecule has 0 atom stereocenters. The second-order valence-electron chi connectivity index (χ2n) is 13.5. The molecule has 0 saturated heterocycles. The van der Waals surface area contributed by atoms with E-state index in [-0.39, 0.29) is 16.7 Å². The zero-order valence-electron chi connectivity index (χ0n) is 26.7. The largest absolute Gasteiger partial charge is 0.534 e. The fraction of sp³-hybridized carbons (Fsp3) is 0.231. The lowest BCUT2D eigenvalue weighted by atomic mass is 10.2. The molecule has 0 aliphatic rings. The maximum absolute atomic E-state index is 10.5. The minimum Gasteiger partial charge on any atom is -0.534 e. The van der Waals surface area contributed by atoms with Crippen molar-refractivity contribution in [3.8, 4) is 11.5 Å². The molecule has 1 N–H and O–H groups in total. The SMILES string of the molecule is CC(C)(C)[Si](Oc1cc(CO)cc(O[Si](c2ccccc2)(c2ccccc2)C(C)(C)C)c1)(c1ccccc1)c1ccccc1. The fourth-order valence-electron chi connectivity index (χ4n) is 6.49. The summed E-state index contributed by atoms with van der Waals surface area (Å²) in [5.74, 6) is 1.41. The van der Waals surface area contributed by atoms with Gasteiger partial charge in [0.1, 0.15) is 11.5 Å². The van der Waals surface area contributed by atoms with Gasteiger partial charge in [0, 0.05) is 6.07 Å². The van der Waals surface area contributed by atoms with E-state index >= 15 is 0 Å². The molecule has 0 amide bonds. The third-order valence-corrected chi connectivity index (χ3v) is 18.4. The maximum atomic E-state index is 10.5. The van der Waals surface area contributed by atoms with Gasteiger partial charge in [-0.1, -0.05) is 163 Å². The first-order chi connectivity index (χ1) is 21.0. The van der Waals surface area contributed by atoms with Gasteiger partial charge in [-0.2, -0.15) is 0 Å². The van der Waals surface area contributed by atoms with Crippen LogP contribution in [0.1, 0.15) is 47.1 Å². The van der Waals surface area contributed by atoms with Crippen molar-refractivity contribution in [1.82, 2.24) is 0 Å². The van der Waals surface area contributed by atoms with E-state index in [0.717, 1.165) is 5.56 Å². The van der Waals surface area contributed by atoms with E-state index in [2.05, 4.69) is 163 Å². The molecular formula is C39H44O3Si2. The summed E-state index contributed by atoms with van der Waals surface area (Å²) in [6, 6.07) is 48.5. The third kappa shape index (κ3) is 5.92. The van der Waals surface area contributed by atoms with Crippen molar-refractivity contribution >= 4 is 37.4 Å². The van der Waals surface area contributed by atoms with Gasteiger partial charge in [-0.05, 0) is 48.5 Å². The Balaban J connectivity index is 1.71. The van der Waals surface area contributed by atoms with E-state index in [4.69, 9.17) is 8.85 Å². The van der Waals surface area contributed by atoms with Gasteiger partial charge in [0.15, 0.2) is 0 Å². The van der Waals surface area contributed by atoms with Gasteiger partial charge in [0.05, 0.1) is 6.61 Å². The summed E-state index contributed by atoms with van der Waals surface area (Å²) in [6.45, 7) is 13.5. The van der Waals surface area contributed by atoms with Crippen LogP contribution >= 0.6 is 0 Å². The van der Waals surface area contributed by atoms with E-state index < -0.39 is 16.6 Å². The smallest absolute Gasteiger partial charge is 0.319 e. The molecule has 226 valence electrons. The van der Waals surface area contributed by atoms with Crippen LogP contribution in [0, 0.1) is 0 Å². The Kier molecular flexibility index (Phi) is 9.03. The Morgan fingerprint density at radius 2 is 0.727 bits per heavy atom. The van der Waals surface area contributed by atoms with Crippen molar-refractivity contribution in [2.75, 3.05) is 0 Å². The molecule has 3 nitrogen and oxygen atoms in total. The van der Waals surface area contributed by atoms with Crippen molar-refractivity contribution in [1.29, 1.82) is 0 Å². The molecule has 0 unspecified atom stereocenters. The first-order valence-electron chi connectivity index (χ1n) is 15.4.